The van der Waals surface area contributed by atoms with Crippen LogP contribution in [-0.4, -0.2) is 11.1 Å². The molecule has 0 rings (SSSR count). The van der Waals surface area contributed by atoms with Crippen LogP contribution in [0.15, 0.2) is 29.9 Å². The fourth-order valence-electron chi connectivity index (χ4n) is 0.371. The second kappa shape index (κ2) is 3.67. The zero-order chi connectivity index (χ0) is 8.15. The Labute approximate surface area is 60.2 Å². The van der Waals surface area contributed by atoms with E-state index in [0.29, 0.717) is 5.57 Å². The molecule has 10 heavy (non-hydrogen) atoms. The summed E-state index contributed by atoms with van der Waals surface area (Å²) in [4.78, 5) is 10.2. The number of rotatable bonds is 3. The molecule has 0 atom stereocenters. The first kappa shape index (κ1) is 8.69. The Morgan fingerprint density at radius 3 is 2.50 bits per heavy atom. The third-order valence-electron chi connectivity index (χ3n) is 0.956. The molecule has 1 N–H and O–H groups in total. The van der Waals surface area contributed by atoms with E-state index < -0.39 is 5.97 Å². The second-order valence-corrected chi connectivity index (χ2v) is 1.84. The molecule has 0 saturated carbocycles. The first-order valence-corrected chi connectivity index (χ1v) is 2.74. The van der Waals surface area contributed by atoms with Gasteiger partial charge in [-0.1, -0.05) is 19.2 Å². The van der Waals surface area contributed by atoms with E-state index in [1.54, 1.807) is 0 Å². The van der Waals surface area contributed by atoms with E-state index in [2.05, 4.69) is 6.58 Å². The molecule has 1 radical (unpaired) electrons. The molecule has 0 unspecified atom stereocenters. The van der Waals surface area contributed by atoms with Gasteiger partial charge in [0.1, 0.15) is 0 Å². The van der Waals surface area contributed by atoms with Crippen LogP contribution in [0.1, 0.15) is 6.92 Å². The van der Waals surface area contributed by atoms with E-state index in [4.69, 9.17) is 11.7 Å². The molecule has 53 valence electrons. The molecule has 0 amide bonds. The third-order valence-corrected chi connectivity index (χ3v) is 0.956. The molecule has 0 aromatic carbocycles. The maximum Gasteiger partial charge on any atom is 0.331 e. The van der Waals surface area contributed by atoms with E-state index in [1.165, 1.54) is 19.1 Å². The van der Waals surface area contributed by atoms with Gasteiger partial charge in [-0.15, -0.1) is 0 Å². The van der Waals surface area contributed by atoms with Crippen molar-refractivity contribution in [1.82, 2.24) is 0 Å². The Morgan fingerprint density at radius 2 is 2.20 bits per heavy atom. The summed E-state index contributed by atoms with van der Waals surface area (Å²) in [5.41, 5.74) is 0.567. The van der Waals surface area contributed by atoms with Gasteiger partial charge in [0.25, 0.3) is 0 Å². The number of hydrogen-bond donors (Lipinski definition) is 1. The maximum absolute atomic E-state index is 10.2. The first-order chi connectivity index (χ1) is 4.57. The monoisotopic (exact) mass is 137 g/mol. The van der Waals surface area contributed by atoms with Crippen LogP contribution in [0.2, 0.25) is 0 Å². The molecule has 0 aromatic heterocycles. The van der Waals surface area contributed by atoms with E-state index in [0.717, 1.165) is 0 Å². The van der Waals surface area contributed by atoms with Crippen LogP contribution in [-0.2, 0) is 4.79 Å². The van der Waals surface area contributed by atoms with Crippen molar-refractivity contribution in [1.29, 1.82) is 0 Å². The average Bonchev–Trinajstić information content (AvgIpc) is 1.87. The van der Waals surface area contributed by atoms with Crippen molar-refractivity contribution in [2.24, 2.45) is 0 Å². The standard InChI is InChI=1S/C8H9O2/c1-4-6(2)5-7(3)8(9)10/h2,4-5H,1H2,3H3,(H,9,10). The second-order valence-electron chi connectivity index (χ2n) is 1.84. The molecule has 0 saturated heterocycles. The van der Waals surface area contributed by atoms with Crippen LogP contribution < -0.4 is 0 Å². The number of carbonyl (C=O) groups is 1. The lowest BCUT2D eigenvalue weighted by Crippen LogP contribution is -1.95. The van der Waals surface area contributed by atoms with Gasteiger partial charge in [-0.3, -0.25) is 0 Å². The Balaban J connectivity index is 4.30. The molecular weight excluding hydrogens is 128 g/mol. The van der Waals surface area contributed by atoms with Crippen LogP contribution in [0.4, 0.5) is 0 Å². The smallest absolute Gasteiger partial charge is 0.331 e. The maximum atomic E-state index is 10.2. The van der Waals surface area contributed by atoms with Gasteiger partial charge < -0.3 is 5.11 Å². The predicted molar refractivity (Wildman–Crippen MR) is 39.4 cm³/mol. The summed E-state index contributed by atoms with van der Waals surface area (Å²) in [7, 11) is 0. The van der Waals surface area contributed by atoms with Crippen molar-refractivity contribution in [3.8, 4) is 0 Å². The summed E-state index contributed by atoms with van der Waals surface area (Å²) in [6.45, 7) is 10.1. The van der Waals surface area contributed by atoms with Gasteiger partial charge in [0.2, 0.25) is 0 Å². The lowest BCUT2D eigenvalue weighted by molar-refractivity contribution is -0.132. The van der Waals surface area contributed by atoms with Crippen molar-refractivity contribution in [2.75, 3.05) is 0 Å². The summed E-state index contributed by atoms with van der Waals surface area (Å²) < 4.78 is 0. The first-order valence-electron chi connectivity index (χ1n) is 2.74. The molecule has 0 aromatic rings. The number of carboxylic acids is 1. The Morgan fingerprint density at radius 1 is 1.70 bits per heavy atom. The van der Waals surface area contributed by atoms with E-state index in [1.807, 2.05) is 0 Å². The number of carboxylic acid groups (broad SMARTS) is 1. The number of allylic oxidation sites excluding steroid dienone is 3. The third kappa shape index (κ3) is 2.87. The Kier molecular flexibility index (Phi) is 3.19. The molecule has 0 spiro atoms. The van der Waals surface area contributed by atoms with Gasteiger partial charge in [0, 0.05) is 5.57 Å². The molecular formula is C8H9O2. The molecule has 0 bridgehead atoms. The quantitative estimate of drug-likeness (QED) is 0.473. The Hall–Kier alpha value is -1.31. The lowest BCUT2D eigenvalue weighted by atomic mass is 10.2. The molecule has 2 heteroatoms. The highest BCUT2D eigenvalue weighted by atomic mass is 16.4. The van der Waals surface area contributed by atoms with Crippen molar-refractivity contribution in [2.45, 2.75) is 6.92 Å². The zero-order valence-corrected chi connectivity index (χ0v) is 5.79. The number of hydrogen-bond acceptors (Lipinski definition) is 1. The molecule has 2 nitrogen and oxygen atoms in total. The fourth-order valence-corrected chi connectivity index (χ4v) is 0.371. The summed E-state index contributed by atoms with van der Waals surface area (Å²) in [5, 5.41) is 8.35. The lowest BCUT2D eigenvalue weighted by Gasteiger charge is -1.91. The highest BCUT2D eigenvalue weighted by Gasteiger charge is 1.97. The van der Waals surface area contributed by atoms with Crippen molar-refractivity contribution < 1.29 is 9.90 Å². The minimum atomic E-state index is -0.968. The zero-order valence-electron chi connectivity index (χ0n) is 5.79. The molecule has 0 aliphatic heterocycles. The van der Waals surface area contributed by atoms with Crippen LogP contribution in [0, 0.1) is 6.58 Å². The van der Waals surface area contributed by atoms with E-state index >= 15 is 0 Å². The van der Waals surface area contributed by atoms with Gasteiger partial charge >= 0.3 is 5.97 Å². The van der Waals surface area contributed by atoms with E-state index in [9.17, 15) is 4.79 Å². The van der Waals surface area contributed by atoms with Gasteiger partial charge in [0.05, 0.1) is 0 Å². The fraction of sp³-hybridized carbons (Fsp3) is 0.125. The van der Waals surface area contributed by atoms with Crippen LogP contribution in [0.3, 0.4) is 0 Å². The molecule has 0 fully saturated rings. The van der Waals surface area contributed by atoms with Crippen LogP contribution in [0.25, 0.3) is 0 Å². The normalized spacial score (nSPS) is 10.7. The Bertz CT molecular complexity index is 199. The van der Waals surface area contributed by atoms with Crippen molar-refractivity contribution >= 4 is 5.97 Å². The van der Waals surface area contributed by atoms with Gasteiger partial charge in [-0.05, 0) is 18.6 Å². The molecule has 0 aliphatic carbocycles. The predicted octanol–water partition coefficient (Wildman–Crippen LogP) is 1.56. The molecule has 0 heterocycles. The highest BCUT2D eigenvalue weighted by molar-refractivity contribution is 5.86. The van der Waals surface area contributed by atoms with Gasteiger partial charge in [0.15, 0.2) is 0 Å². The highest BCUT2D eigenvalue weighted by Crippen LogP contribution is 1.99. The van der Waals surface area contributed by atoms with Crippen molar-refractivity contribution in [3.63, 3.8) is 0 Å². The van der Waals surface area contributed by atoms with Crippen LogP contribution >= 0.6 is 0 Å². The van der Waals surface area contributed by atoms with Crippen LogP contribution in [0.5, 0.6) is 0 Å². The minimum Gasteiger partial charge on any atom is -0.478 e. The van der Waals surface area contributed by atoms with Gasteiger partial charge in [-0.25, -0.2) is 4.79 Å². The largest absolute Gasteiger partial charge is 0.478 e. The van der Waals surface area contributed by atoms with E-state index in [-0.39, 0.29) is 5.57 Å². The average molecular weight is 137 g/mol. The SMILES string of the molecule is [CH]=C(C=C)C=C(C)C(=O)O. The molecule has 0 aliphatic rings. The van der Waals surface area contributed by atoms with Crippen molar-refractivity contribution in [3.05, 3.63) is 36.5 Å². The summed E-state index contributed by atoms with van der Waals surface area (Å²) in [5.74, 6) is -0.968. The summed E-state index contributed by atoms with van der Waals surface area (Å²) >= 11 is 0. The topological polar surface area (TPSA) is 37.3 Å². The summed E-state index contributed by atoms with van der Waals surface area (Å²) in [6, 6.07) is 0. The van der Waals surface area contributed by atoms with Gasteiger partial charge in [-0.2, -0.15) is 0 Å². The minimum absolute atomic E-state index is 0.206. The summed E-state index contributed by atoms with van der Waals surface area (Å²) in [6.07, 6.45) is 2.75. The number of aliphatic carboxylic acids is 1.